The van der Waals surface area contributed by atoms with Crippen molar-refractivity contribution in [1.82, 2.24) is 4.31 Å². The zero-order chi connectivity index (χ0) is 23.4. The lowest BCUT2D eigenvalue weighted by molar-refractivity contribution is -0.118. The molecule has 0 radical (unpaired) electrons. The Morgan fingerprint density at radius 1 is 1.00 bits per heavy atom. The zero-order valence-corrected chi connectivity index (χ0v) is 19.7. The number of fused-ring (bicyclic) bond motifs is 1. The van der Waals surface area contributed by atoms with Gasteiger partial charge >= 0.3 is 0 Å². The van der Waals surface area contributed by atoms with Crippen molar-refractivity contribution in [2.45, 2.75) is 38.1 Å². The van der Waals surface area contributed by atoms with E-state index < -0.39 is 10.0 Å². The fourth-order valence-electron chi connectivity index (χ4n) is 3.84. The molecule has 4 rings (SSSR count). The first-order valence-electron chi connectivity index (χ1n) is 11.1. The van der Waals surface area contributed by atoms with E-state index in [9.17, 15) is 13.2 Å². The molecule has 33 heavy (non-hydrogen) atoms. The highest BCUT2D eigenvalue weighted by molar-refractivity contribution is 7.89. The highest BCUT2D eigenvalue weighted by atomic mass is 32.2. The van der Waals surface area contributed by atoms with Crippen molar-refractivity contribution >= 4 is 21.6 Å². The molecule has 0 aromatic heterocycles. The summed E-state index contributed by atoms with van der Waals surface area (Å²) in [7, 11) is -3.58. The van der Waals surface area contributed by atoms with Gasteiger partial charge in [0.1, 0.15) is 5.75 Å². The van der Waals surface area contributed by atoms with Crippen LogP contribution < -0.4 is 10.1 Å². The lowest BCUT2D eigenvalue weighted by atomic mass is 10.0. The maximum absolute atomic E-state index is 13.1. The average molecular weight is 465 g/mol. The van der Waals surface area contributed by atoms with E-state index in [1.165, 1.54) is 9.87 Å². The van der Waals surface area contributed by atoms with Crippen LogP contribution in [0.1, 0.15) is 29.2 Å². The van der Waals surface area contributed by atoms with Crippen LogP contribution in [0.4, 0.5) is 5.69 Å². The average Bonchev–Trinajstić information content (AvgIpc) is 2.83. The molecule has 0 aliphatic carbocycles. The van der Waals surface area contributed by atoms with Gasteiger partial charge in [0.05, 0.1) is 4.90 Å². The predicted octanol–water partition coefficient (Wildman–Crippen LogP) is 4.32. The first-order valence-corrected chi connectivity index (χ1v) is 12.5. The Bertz CT molecular complexity index is 1240. The maximum Gasteiger partial charge on any atom is 0.262 e. The summed E-state index contributed by atoms with van der Waals surface area (Å²) in [5.74, 6) is 0.374. The third-order valence-electron chi connectivity index (χ3n) is 5.83. The van der Waals surface area contributed by atoms with Gasteiger partial charge < -0.3 is 10.1 Å². The molecular weight excluding hydrogens is 436 g/mol. The minimum Gasteiger partial charge on any atom is -0.484 e. The zero-order valence-electron chi connectivity index (χ0n) is 18.9. The van der Waals surface area contributed by atoms with Crippen LogP contribution >= 0.6 is 0 Å². The van der Waals surface area contributed by atoms with E-state index >= 15 is 0 Å². The topological polar surface area (TPSA) is 75.7 Å². The van der Waals surface area contributed by atoms with Crippen LogP contribution in [0.3, 0.4) is 0 Å². The minimum atomic E-state index is -3.58. The number of aryl methyl sites for hydroxylation is 2. The van der Waals surface area contributed by atoms with Gasteiger partial charge in [-0.2, -0.15) is 4.31 Å². The molecule has 0 spiro atoms. The summed E-state index contributed by atoms with van der Waals surface area (Å²) in [5.41, 5.74) is 4.83. The van der Waals surface area contributed by atoms with E-state index in [4.69, 9.17) is 4.74 Å². The molecule has 172 valence electrons. The molecule has 3 aromatic rings. The van der Waals surface area contributed by atoms with Crippen molar-refractivity contribution in [2.75, 3.05) is 18.5 Å². The van der Waals surface area contributed by atoms with Gasteiger partial charge in [-0.15, -0.1) is 0 Å². The van der Waals surface area contributed by atoms with E-state index in [1.807, 2.05) is 49.4 Å². The summed E-state index contributed by atoms with van der Waals surface area (Å²) in [6.07, 6.45) is 1.58. The molecule has 6 nitrogen and oxygen atoms in total. The molecule has 0 fully saturated rings. The molecule has 3 aromatic carbocycles. The van der Waals surface area contributed by atoms with Crippen LogP contribution in [0, 0.1) is 6.92 Å². The van der Waals surface area contributed by atoms with Crippen molar-refractivity contribution in [2.24, 2.45) is 0 Å². The molecule has 1 N–H and O–H groups in total. The largest absolute Gasteiger partial charge is 0.484 e. The van der Waals surface area contributed by atoms with Crippen LogP contribution in [0.2, 0.25) is 0 Å². The second-order valence-corrected chi connectivity index (χ2v) is 10.2. The molecule has 0 saturated carbocycles. The van der Waals surface area contributed by atoms with Gasteiger partial charge in [0, 0.05) is 18.8 Å². The van der Waals surface area contributed by atoms with Crippen molar-refractivity contribution in [3.05, 3.63) is 89.0 Å². The van der Waals surface area contributed by atoms with Crippen molar-refractivity contribution in [1.29, 1.82) is 0 Å². The van der Waals surface area contributed by atoms with E-state index in [0.29, 0.717) is 29.3 Å². The van der Waals surface area contributed by atoms with Gasteiger partial charge in [-0.1, -0.05) is 42.8 Å². The van der Waals surface area contributed by atoms with Crippen LogP contribution in [0.5, 0.6) is 5.75 Å². The fraction of sp³-hybridized carbons (Fsp3) is 0.269. The summed E-state index contributed by atoms with van der Waals surface area (Å²) in [5, 5.41) is 2.84. The van der Waals surface area contributed by atoms with Crippen LogP contribution in [0.25, 0.3) is 0 Å². The van der Waals surface area contributed by atoms with Gasteiger partial charge in [-0.25, -0.2) is 8.42 Å². The van der Waals surface area contributed by atoms with Gasteiger partial charge in [-0.3, -0.25) is 4.79 Å². The second kappa shape index (κ2) is 9.77. The Hall–Kier alpha value is -3.16. The summed E-state index contributed by atoms with van der Waals surface area (Å²) in [6.45, 7) is 4.61. The Morgan fingerprint density at radius 2 is 1.73 bits per heavy atom. The van der Waals surface area contributed by atoms with Gasteiger partial charge in [0.15, 0.2) is 6.61 Å². The molecule has 0 saturated heterocycles. The number of carbonyl (C=O) groups is 1. The SMILES string of the molecule is CCc1ccc(OCC(=O)Nc2ccc3c(c2)CN(S(=O)(=O)c2ccc(C)cc2)CC3)cc1. The smallest absolute Gasteiger partial charge is 0.262 e. The first kappa shape index (κ1) is 23.0. The molecule has 0 bridgehead atoms. The second-order valence-electron chi connectivity index (χ2n) is 8.22. The number of hydrogen-bond donors (Lipinski definition) is 1. The van der Waals surface area contributed by atoms with Crippen molar-refractivity contribution in [3.8, 4) is 5.75 Å². The normalized spacial score (nSPS) is 13.9. The molecule has 0 atom stereocenters. The Balaban J connectivity index is 1.40. The van der Waals surface area contributed by atoms with Gasteiger partial charge in [0.25, 0.3) is 5.91 Å². The van der Waals surface area contributed by atoms with E-state index in [-0.39, 0.29) is 19.1 Å². The monoisotopic (exact) mass is 464 g/mol. The number of hydrogen-bond acceptors (Lipinski definition) is 4. The fourth-order valence-corrected chi connectivity index (χ4v) is 5.26. The highest BCUT2D eigenvalue weighted by Crippen LogP contribution is 2.27. The summed E-state index contributed by atoms with van der Waals surface area (Å²) in [4.78, 5) is 12.7. The Labute approximate surface area is 195 Å². The Kier molecular flexibility index (Phi) is 6.81. The van der Waals surface area contributed by atoms with Gasteiger partial charge in [0.2, 0.25) is 10.0 Å². The number of carbonyl (C=O) groups excluding carboxylic acids is 1. The number of ether oxygens (including phenoxy) is 1. The number of nitrogens with zero attached hydrogens (tertiary/aromatic N) is 1. The third-order valence-corrected chi connectivity index (χ3v) is 7.69. The molecule has 1 heterocycles. The van der Waals surface area contributed by atoms with Crippen LogP contribution in [-0.2, 0) is 34.2 Å². The molecular formula is C26H28N2O4S. The Morgan fingerprint density at radius 3 is 2.42 bits per heavy atom. The lowest BCUT2D eigenvalue weighted by Crippen LogP contribution is -2.36. The van der Waals surface area contributed by atoms with E-state index in [1.54, 1.807) is 24.3 Å². The maximum atomic E-state index is 13.1. The summed E-state index contributed by atoms with van der Waals surface area (Å²) < 4.78 is 33.2. The standard InChI is InChI=1S/C26H28N2O4S/c1-3-20-6-10-24(11-7-20)32-18-26(29)27-23-9-8-21-14-15-28(17-22(21)16-23)33(30,31)25-12-4-19(2)5-13-25/h4-13,16H,3,14-15,17-18H2,1-2H3,(H,27,29). The van der Waals surface area contributed by atoms with E-state index in [2.05, 4.69) is 12.2 Å². The number of sulfonamides is 1. The quantitative estimate of drug-likeness (QED) is 0.565. The number of benzene rings is 3. The number of amides is 1. The van der Waals surface area contributed by atoms with E-state index in [0.717, 1.165) is 23.1 Å². The summed E-state index contributed by atoms with van der Waals surface area (Å²) >= 11 is 0. The first-order chi connectivity index (χ1) is 15.8. The minimum absolute atomic E-state index is 0.101. The molecule has 1 aliphatic heterocycles. The van der Waals surface area contributed by atoms with Crippen molar-refractivity contribution in [3.63, 3.8) is 0 Å². The van der Waals surface area contributed by atoms with Crippen LogP contribution in [-0.4, -0.2) is 31.8 Å². The number of rotatable bonds is 7. The molecule has 7 heteroatoms. The molecule has 0 unspecified atom stereocenters. The highest BCUT2D eigenvalue weighted by Gasteiger charge is 2.28. The number of anilines is 1. The third kappa shape index (κ3) is 5.43. The van der Waals surface area contributed by atoms with Crippen LogP contribution in [0.15, 0.2) is 71.6 Å². The predicted molar refractivity (Wildman–Crippen MR) is 129 cm³/mol. The summed E-state index contributed by atoms with van der Waals surface area (Å²) in [6, 6.07) is 20.2. The lowest BCUT2D eigenvalue weighted by Gasteiger charge is -2.28. The molecule has 1 aliphatic rings. The van der Waals surface area contributed by atoms with Crippen molar-refractivity contribution < 1.29 is 17.9 Å². The number of nitrogens with one attached hydrogen (secondary N) is 1. The molecule has 1 amide bonds. The van der Waals surface area contributed by atoms with Gasteiger partial charge in [-0.05, 0) is 72.9 Å².